The van der Waals surface area contributed by atoms with E-state index >= 15 is 0 Å². The average molecular weight is 494 g/mol. The highest BCUT2D eigenvalue weighted by Crippen LogP contribution is 2.42. The van der Waals surface area contributed by atoms with Crippen molar-refractivity contribution in [2.24, 2.45) is 0 Å². The number of nitrogens with one attached hydrogen (secondary N) is 1. The molecule has 180 valence electrons. The average Bonchev–Trinajstić information content (AvgIpc) is 3.31. The van der Waals surface area contributed by atoms with Gasteiger partial charge in [0.15, 0.2) is 9.84 Å². The third-order valence-corrected chi connectivity index (χ3v) is 7.23. The molecule has 3 aliphatic rings. The van der Waals surface area contributed by atoms with Crippen molar-refractivity contribution in [2.45, 2.75) is 30.2 Å². The molecule has 35 heavy (non-hydrogen) atoms. The fourth-order valence-electron chi connectivity index (χ4n) is 4.40. The number of nitro groups is 1. The van der Waals surface area contributed by atoms with Crippen LogP contribution in [0.15, 0.2) is 70.2 Å². The van der Waals surface area contributed by atoms with Gasteiger partial charge in [0.25, 0.3) is 0 Å². The fourth-order valence-corrected chi connectivity index (χ4v) is 5.03. The van der Waals surface area contributed by atoms with Crippen LogP contribution in [0.2, 0.25) is 0 Å². The Morgan fingerprint density at radius 3 is 2.63 bits per heavy atom. The SMILES string of the molecule is CS(=O)(=O)c1ccc(Nc2ncnc(N3CCCCC3c3ccc4cccc-4o3)c2[N+](=O)[O-])cc1. The van der Waals surface area contributed by atoms with Crippen LogP contribution in [0.5, 0.6) is 0 Å². The minimum atomic E-state index is -3.36. The van der Waals surface area contributed by atoms with Crippen LogP contribution in [0.3, 0.4) is 0 Å². The summed E-state index contributed by atoms with van der Waals surface area (Å²) >= 11 is 0. The Labute approximate surface area is 202 Å². The lowest BCUT2D eigenvalue weighted by atomic mass is 9.99. The van der Waals surface area contributed by atoms with Gasteiger partial charge in [-0.2, -0.15) is 0 Å². The molecule has 1 atom stereocenters. The van der Waals surface area contributed by atoms with E-state index in [1.807, 2.05) is 35.2 Å². The van der Waals surface area contributed by atoms with Gasteiger partial charge in [-0.3, -0.25) is 10.1 Å². The Bertz CT molecular complexity index is 1450. The normalized spacial score (nSPS) is 16.4. The number of hydrogen-bond donors (Lipinski definition) is 1. The first-order valence-electron chi connectivity index (χ1n) is 11.1. The van der Waals surface area contributed by atoms with Crippen LogP contribution < -0.4 is 10.2 Å². The molecule has 0 bridgehead atoms. The molecule has 3 heterocycles. The van der Waals surface area contributed by atoms with E-state index in [9.17, 15) is 18.5 Å². The molecule has 0 spiro atoms. The van der Waals surface area contributed by atoms with E-state index < -0.39 is 14.8 Å². The Kier molecular flexibility index (Phi) is 5.85. The largest absolute Gasteiger partial charge is 0.459 e. The Balaban J connectivity index is 1.52. The van der Waals surface area contributed by atoms with Crippen molar-refractivity contribution in [1.82, 2.24) is 9.97 Å². The second kappa shape index (κ2) is 8.99. The number of anilines is 3. The van der Waals surface area contributed by atoms with Crippen molar-refractivity contribution in [3.8, 4) is 11.3 Å². The molecule has 1 aromatic heterocycles. The maximum atomic E-state index is 12.2. The Hall–Kier alpha value is -3.99. The van der Waals surface area contributed by atoms with Crippen LogP contribution in [-0.2, 0) is 9.84 Å². The van der Waals surface area contributed by atoms with E-state index in [2.05, 4.69) is 15.3 Å². The highest BCUT2D eigenvalue weighted by atomic mass is 32.2. The molecule has 2 aliphatic heterocycles. The van der Waals surface area contributed by atoms with E-state index in [0.29, 0.717) is 12.2 Å². The predicted octanol–water partition coefficient (Wildman–Crippen LogP) is 4.96. The molecule has 1 fully saturated rings. The lowest BCUT2D eigenvalue weighted by Crippen LogP contribution is -2.34. The minimum absolute atomic E-state index is 0.0276. The molecule has 2 aromatic rings. The van der Waals surface area contributed by atoms with Gasteiger partial charge in [-0.05, 0) is 61.7 Å². The van der Waals surface area contributed by atoms with Gasteiger partial charge in [0.2, 0.25) is 11.6 Å². The number of piperidine rings is 1. The first-order chi connectivity index (χ1) is 16.8. The number of benzene rings is 1. The number of fused-ring (bicyclic) bond motifs is 1. The van der Waals surface area contributed by atoms with Crippen LogP contribution in [-0.4, -0.2) is 36.1 Å². The summed E-state index contributed by atoms with van der Waals surface area (Å²) in [7, 11) is -3.36. The number of nitrogens with zero attached hydrogens (tertiary/aromatic N) is 4. The highest BCUT2D eigenvalue weighted by molar-refractivity contribution is 7.90. The standard InChI is InChI=1S/C24H23N5O5S/c1-35(32,33)18-11-9-17(10-12-18)27-23-22(29(30)31)24(26-15-25-23)28-14-3-2-6-19(28)21-13-8-16-5-4-7-20(16)34-21/h4-5,7-13,15,19H,2-3,6,14H2,1H3,(H,25,26,27). The summed E-state index contributed by atoms with van der Waals surface area (Å²) in [5.74, 6) is 1.73. The maximum absolute atomic E-state index is 12.2. The van der Waals surface area contributed by atoms with E-state index in [-0.39, 0.29) is 28.3 Å². The number of sulfone groups is 1. The smallest absolute Gasteiger partial charge is 0.353 e. The summed E-state index contributed by atoms with van der Waals surface area (Å²) in [6.07, 6.45) is 5.01. The van der Waals surface area contributed by atoms with Gasteiger partial charge < -0.3 is 14.6 Å². The van der Waals surface area contributed by atoms with Crippen LogP contribution in [0.4, 0.5) is 23.0 Å². The molecular formula is C24H23N5O5S. The Morgan fingerprint density at radius 1 is 1.09 bits per heavy atom. The Morgan fingerprint density at radius 2 is 1.89 bits per heavy atom. The maximum Gasteiger partial charge on any atom is 0.353 e. The second-order valence-electron chi connectivity index (χ2n) is 8.46. The minimum Gasteiger partial charge on any atom is -0.459 e. The summed E-state index contributed by atoms with van der Waals surface area (Å²) in [5.41, 5.74) is 1.22. The molecule has 1 unspecified atom stereocenters. The lowest BCUT2D eigenvalue weighted by Gasteiger charge is -2.35. The van der Waals surface area contributed by atoms with Crippen LogP contribution >= 0.6 is 0 Å². The summed E-state index contributed by atoms with van der Waals surface area (Å²) in [6, 6.07) is 15.4. The monoisotopic (exact) mass is 493 g/mol. The zero-order valence-corrected chi connectivity index (χ0v) is 19.7. The third-order valence-electron chi connectivity index (χ3n) is 6.10. The molecule has 1 aromatic carbocycles. The van der Waals surface area contributed by atoms with Crippen LogP contribution in [0, 0.1) is 10.1 Å². The topological polar surface area (TPSA) is 131 Å². The third kappa shape index (κ3) is 4.54. The number of rotatable bonds is 6. The molecule has 1 N–H and O–H groups in total. The van der Waals surface area contributed by atoms with E-state index in [0.717, 1.165) is 42.6 Å². The van der Waals surface area contributed by atoms with Gasteiger partial charge in [0.1, 0.15) is 17.8 Å². The van der Waals surface area contributed by atoms with Gasteiger partial charge in [-0.15, -0.1) is 0 Å². The van der Waals surface area contributed by atoms with Crippen molar-refractivity contribution in [3.63, 3.8) is 0 Å². The molecule has 5 rings (SSSR count). The first kappa shape index (κ1) is 22.8. The first-order valence-corrected chi connectivity index (χ1v) is 13.0. The molecule has 10 nitrogen and oxygen atoms in total. The molecule has 0 amide bonds. The summed E-state index contributed by atoms with van der Waals surface area (Å²) in [5, 5.41) is 15.2. The number of hydrogen-bond acceptors (Lipinski definition) is 9. The predicted molar refractivity (Wildman–Crippen MR) is 131 cm³/mol. The summed E-state index contributed by atoms with van der Waals surface area (Å²) < 4.78 is 29.6. The van der Waals surface area contributed by atoms with Crippen molar-refractivity contribution in [2.75, 3.05) is 23.0 Å². The van der Waals surface area contributed by atoms with Gasteiger partial charge in [-0.25, -0.2) is 18.4 Å². The molecule has 1 saturated heterocycles. The lowest BCUT2D eigenvalue weighted by molar-refractivity contribution is -0.383. The van der Waals surface area contributed by atoms with Crippen molar-refractivity contribution >= 4 is 32.8 Å². The van der Waals surface area contributed by atoms with Gasteiger partial charge in [-0.1, -0.05) is 12.1 Å². The van der Waals surface area contributed by atoms with Crippen molar-refractivity contribution in [1.29, 1.82) is 0 Å². The van der Waals surface area contributed by atoms with E-state index in [1.165, 1.54) is 18.5 Å². The molecular weight excluding hydrogens is 470 g/mol. The van der Waals surface area contributed by atoms with E-state index in [4.69, 9.17) is 4.42 Å². The number of aromatic nitrogens is 2. The zero-order valence-electron chi connectivity index (χ0n) is 18.9. The highest BCUT2D eigenvalue weighted by Gasteiger charge is 2.34. The van der Waals surface area contributed by atoms with Crippen LogP contribution in [0.25, 0.3) is 11.3 Å². The molecule has 0 saturated carbocycles. The summed E-state index contributed by atoms with van der Waals surface area (Å²) in [6.45, 7) is 0.583. The molecule has 0 radical (unpaired) electrons. The second-order valence-corrected chi connectivity index (χ2v) is 10.5. The summed E-state index contributed by atoms with van der Waals surface area (Å²) in [4.78, 5) is 22.2. The van der Waals surface area contributed by atoms with Gasteiger partial charge in [0.05, 0.1) is 15.9 Å². The molecule has 1 aliphatic carbocycles. The van der Waals surface area contributed by atoms with E-state index in [1.54, 1.807) is 12.1 Å². The van der Waals surface area contributed by atoms with Crippen molar-refractivity contribution < 1.29 is 17.8 Å². The van der Waals surface area contributed by atoms with Crippen molar-refractivity contribution in [3.05, 3.63) is 76.8 Å². The van der Waals surface area contributed by atoms with Gasteiger partial charge in [0, 0.05) is 24.1 Å². The molecule has 11 heteroatoms. The fraction of sp³-hybridized carbons (Fsp3) is 0.250. The quantitative estimate of drug-likeness (QED) is 0.292. The zero-order chi connectivity index (χ0) is 24.6. The van der Waals surface area contributed by atoms with Gasteiger partial charge >= 0.3 is 5.69 Å². The van der Waals surface area contributed by atoms with Crippen LogP contribution in [0.1, 0.15) is 31.1 Å².